The molecule has 8 nitrogen and oxygen atoms in total. The van der Waals surface area contributed by atoms with E-state index in [2.05, 4.69) is 22.0 Å². The normalized spacial score (nSPS) is 24.4. The Balaban J connectivity index is 1.12. The number of sulfonamides is 2. The minimum Gasteiger partial charge on any atom is -0.372 e. The standard InChI is InChI=1S/C29H41ClN4O4S2/c1-24-6-2-10-27(30)28(24)40(37,38)34-18-4-8-26(34)9-5-23-39(35,36)33-21-14-29(15-22-33)12-19-32(20-13-29)25-7-3-16-31-17-11-25/h2,6-7,10-11,16-17,26H,3-5,8-9,12-15,18-23H2,1H3/t26-/m0/s1. The smallest absolute Gasteiger partial charge is 0.245 e. The summed E-state index contributed by atoms with van der Waals surface area (Å²) in [4.78, 5) is 6.82. The van der Waals surface area contributed by atoms with Gasteiger partial charge in [-0.25, -0.2) is 21.1 Å². The second-order valence-corrected chi connectivity index (χ2v) is 16.0. The maximum atomic E-state index is 13.5. The number of allylic oxidation sites excluding steroid dienone is 2. The summed E-state index contributed by atoms with van der Waals surface area (Å²) >= 11 is 6.29. The number of likely N-dealkylation sites (tertiary alicyclic amines) is 1. The first-order chi connectivity index (χ1) is 19.1. The van der Waals surface area contributed by atoms with E-state index in [0.717, 1.165) is 58.0 Å². The number of piperidine rings is 2. The molecule has 0 bridgehead atoms. The molecule has 11 heteroatoms. The van der Waals surface area contributed by atoms with Gasteiger partial charge in [0, 0.05) is 63.3 Å². The molecule has 0 amide bonds. The maximum absolute atomic E-state index is 13.5. The summed E-state index contributed by atoms with van der Waals surface area (Å²) in [7, 11) is -7.12. The second-order valence-electron chi connectivity index (χ2n) is 11.7. The zero-order valence-corrected chi connectivity index (χ0v) is 25.7. The third kappa shape index (κ3) is 6.36. The zero-order chi connectivity index (χ0) is 28.4. The average molecular weight is 609 g/mol. The van der Waals surface area contributed by atoms with Crippen LogP contribution in [0, 0.1) is 12.3 Å². The lowest BCUT2D eigenvalue weighted by Gasteiger charge is -2.47. The summed E-state index contributed by atoms with van der Waals surface area (Å²) in [5.74, 6) is 0.0614. The Morgan fingerprint density at radius 1 is 1.02 bits per heavy atom. The molecule has 0 N–H and O–H groups in total. The van der Waals surface area contributed by atoms with Gasteiger partial charge in [-0.3, -0.25) is 4.99 Å². The second kappa shape index (κ2) is 12.3. The van der Waals surface area contributed by atoms with Crippen LogP contribution < -0.4 is 0 Å². The van der Waals surface area contributed by atoms with Gasteiger partial charge in [0.1, 0.15) is 4.90 Å². The average Bonchev–Trinajstić information content (AvgIpc) is 3.23. The molecule has 0 aliphatic carbocycles. The molecule has 1 aromatic carbocycles. The van der Waals surface area contributed by atoms with Gasteiger partial charge >= 0.3 is 0 Å². The fourth-order valence-corrected chi connectivity index (χ4v) is 10.8. The van der Waals surface area contributed by atoms with Crippen LogP contribution in [0.4, 0.5) is 0 Å². The summed E-state index contributed by atoms with van der Waals surface area (Å²) < 4.78 is 56.7. The predicted octanol–water partition coefficient (Wildman–Crippen LogP) is 4.96. The molecular formula is C29H41ClN4O4S2. The monoisotopic (exact) mass is 608 g/mol. The van der Waals surface area contributed by atoms with E-state index in [-0.39, 0.29) is 27.1 Å². The van der Waals surface area contributed by atoms with Gasteiger partial charge in [-0.2, -0.15) is 4.31 Å². The molecule has 4 aliphatic rings. The topological polar surface area (TPSA) is 90.4 Å². The number of nitrogens with zero attached hydrogens (tertiary/aromatic N) is 4. The van der Waals surface area contributed by atoms with E-state index >= 15 is 0 Å². The van der Waals surface area contributed by atoms with E-state index in [4.69, 9.17) is 11.6 Å². The lowest BCUT2D eigenvalue weighted by Crippen LogP contribution is -2.48. The van der Waals surface area contributed by atoms with Crippen molar-refractivity contribution in [3.63, 3.8) is 0 Å². The highest BCUT2D eigenvalue weighted by molar-refractivity contribution is 7.89. The van der Waals surface area contributed by atoms with Gasteiger partial charge in [-0.05, 0) is 81.4 Å². The lowest BCUT2D eigenvalue weighted by molar-refractivity contribution is 0.0711. The number of benzene rings is 1. The molecule has 220 valence electrons. The molecular weight excluding hydrogens is 568 g/mol. The van der Waals surface area contributed by atoms with Crippen LogP contribution in [0.15, 0.2) is 52.1 Å². The summed E-state index contributed by atoms with van der Waals surface area (Å²) in [5.41, 5.74) is 2.09. The van der Waals surface area contributed by atoms with Crippen LogP contribution >= 0.6 is 11.6 Å². The van der Waals surface area contributed by atoms with Gasteiger partial charge in [0.15, 0.2) is 0 Å². The molecule has 0 unspecified atom stereocenters. The quantitative estimate of drug-likeness (QED) is 0.416. The minimum absolute atomic E-state index is 0.0614. The van der Waals surface area contributed by atoms with Crippen molar-refractivity contribution in [2.75, 3.05) is 38.5 Å². The number of aryl methyl sites for hydroxylation is 1. The van der Waals surface area contributed by atoms with E-state index in [0.29, 0.717) is 38.0 Å². The van der Waals surface area contributed by atoms with Gasteiger partial charge in [0.05, 0.1) is 10.8 Å². The molecule has 3 fully saturated rings. The Bertz CT molecular complexity index is 1350. The molecule has 5 rings (SSSR count). The largest absolute Gasteiger partial charge is 0.372 e. The molecule has 40 heavy (non-hydrogen) atoms. The molecule has 4 heterocycles. The fraction of sp³-hybridized carbons (Fsp3) is 0.621. The van der Waals surface area contributed by atoms with E-state index in [9.17, 15) is 16.8 Å². The zero-order valence-electron chi connectivity index (χ0n) is 23.3. The van der Waals surface area contributed by atoms with Gasteiger partial charge in [-0.15, -0.1) is 0 Å². The van der Waals surface area contributed by atoms with E-state index in [1.54, 1.807) is 33.7 Å². The Kier molecular flexibility index (Phi) is 9.12. The molecule has 0 saturated carbocycles. The molecule has 4 aliphatic heterocycles. The summed E-state index contributed by atoms with van der Waals surface area (Å²) in [6.45, 7) is 5.35. The molecule has 0 radical (unpaired) electrons. The van der Waals surface area contributed by atoms with Crippen molar-refractivity contribution in [3.8, 4) is 0 Å². The third-order valence-corrected chi connectivity index (χ3v) is 13.8. The highest BCUT2D eigenvalue weighted by Crippen LogP contribution is 2.43. The van der Waals surface area contributed by atoms with Crippen LogP contribution in [0.25, 0.3) is 0 Å². The van der Waals surface area contributed by atoms with Crippen LogP contribution in [-0.4, -0.2) is 81.1 Å². The van der Waals surface area contributed by atoms with Crippen LogP contribution in [0.1, 0.15) is 63.4 Å². The summed E-state index contributed by atoms with van der Waals surface area (Å²) in [6.07, 6.45) is 15.4. The highest BCUT2D eigenvalue weighted by Gasteiger charge is 2.41. The minimum atomic E-state index is -3.74. The van der Waals surface area contributed by atoms with E-state index in [1.807, 2.05) is 12.4 Å². The van der Waals surface area contributed by atoms with Gasteiger partial charge < -0.3 is 4.90 Å². The Morgan fingerprint density at radius 3 is 2.48 bits per heavy atom. The predicted molar refractivity (Wildman–Crippen MR) is 161 cm³/mol. The number of rotatable bonds is 8. The molecule has 1 aromatic rings. The maximum Gasteiger partial charge on any atom is 0.245 e. The first-order valence-electron chi connectivity index (χ1n) is 14.5. The molecule has 1 atom stereocenters. The lowest BCUT2D eigenvalue weighted by atomic mass is 9.71. The first-order valence-corrected chi connectivity index (χ1v) is 17.9. The number of hydrogen-bond donors (Lipinski definition) is 0. The number of hydrogen-bond acceptors (Lipinski definition) is 6. The van der Waals surface area contributed by atoms with Crippen molar-refractivity contribution in [1.82, 2.24) is 13.5 Å². The highest BCUT2D eigenvalue weighted by atomic mass is 35.5. The Hall–Kier alpha value is -1.72. The molecule has 0 aromatic heterocycles. The van der Waals surface area contributed by atoms with Crippen molar-refractivity contribution in [1.29, 1.82) is 0 Å². The van der Waals surface area contributed by atoms with Crippen LogP contribution in [-0.2, 0) is 20.0 Å². The third-order valence-electron chi connectivity index (χ3n) is 9.23. The van der Waals surface area contributed by atoms with Crippen molar-refractivity contribution in [2.45, 2.75) is 75.6 Å². The van der Waals surface area contributed by atoms with Crippen molar-refractivity contribution >= 4 is 37.9 Å². The number of aliphatic imine (C=N–C) groups is 1. The Morgan fingerprint density at radius 2 is 1.75 bits per heavy atom. The van der Waals surface area contributed by atoms with Crippen LogP contribution in [0.3, 0.4) is 0 Å². The SMILES string of the molecule is Cc1cccc(Cl)c1S(=O)(=O)N1CCC[C@H]1CCCS(=O)(=O)N1CCC2(CCN(C3=CCC=NC=C3)CC2)CC1. The fourth-order valence-electron chi connectivity index (χ4n) is 6.80. The van der Waals surface area contributed by atoms with E-state index in [1.165, 1.54) is 5.70 Å². The van der Waals surface area contributed by atoms with Crippen molar-refractivity contribution < 1.29 is 16.8 Å². The summed E-state index contributed by atoms with van der Waals surface area (Å²) in [5, 5.41) is 0.231. The summed E-state index contributed by atoms with van der Waals surface area (Å²) in [6, 6.07) is 4.91. The number of halogens is 1. The van der Waals surface area contributed by atoms with E-state index < -0.39 is 20.0 Å². The van der Waals surface area contributed by atoms with Crippen molar-refractivity contribution in [2.24, 2.45) is 10.4 Å². The molecule has 1 spiro atoms. The van der Waals surface area contributed by atoms with Gasteiger partial charge in [-0.1, -0.05) is 29.8 Å². The van der Waals surface area contributed by atoms with Crippen LogP contribution in [0.2, 0.25) is 5.02 Å². The molecule has 3 saturated heterocycles. The Labute approximate surface area is 244 Å². The van der Waals surface area contributed by atoms with Gasteiger partial charge in [0.2, 0.25) is 20.0 Å². The van der Waals surface area contributed by atoms with Gasteiger partial charge in [0.25, 0.3) is 0 Å². The van der Waals surface area contributed by atoms with Crippen LogP contribution in [0.5, 0.6) is 0 Å². The van der Waals surface area contributed by atoms with Crippen molar-refractivity contribution in [3.05, 3.63) is 52.8 Å². The first kappa shape index (κ1) is 29.8.